The molecule has 1 atom stereocenters. The van der Waals surface area contributed by atoms with Crippen LogP contribution in [-0.4, -0.2) is 40.8 Å². The fourth-order valence-corrected chi connectivity index (χ4v) is 2.35. The molecule has 0 bridgehead atoms. The van der Waals surface area contributed by atoms with Crippen molar-refractivity contribution >= 4 is 22.9 Å². The fourth-order valence-electron chi connectivity index (χ4n) is 2.35. The number of ether oxygens (including phenoxy) is 1. The first-order chi connectivity index (χ1) is 12.1. The number of hydrogen-bond acceptors (Lipinski definition) is 5. The van der Waals surface area contributed by atoms with Gasteiger partial charge in [0.1, 0.15) is 0 Å². The van der Waals surface area contributed by atoms with Crippen LogP contribution in [0.5, 0.6) is 0 Å². The SMILES string of the molecule is CN(C)C(=O)C(OC(=O)c1cnc2ccccc2n1)c1ccccc1. The Bertz CT molecular complexity index is 910. The Labute approximate surface area is 145 Å². The smallest absolute Gasteiger partial charge is 0.359 e. The minimum atomic E-state index is -1.03. The van der Waals surface area contributed by atoms with Crippen molar-refractivity contribution in [1.82, 2.24) is 14.9 Å². The van der Waals surface area contributed by atoms with Crippen molar-refractivity contribution in [1.29, 1.82) is 0 Å². The van der Waals surface area contributed by atoms with Crippen LogP contribution in [0.1, 0.15) is 22.2 Å². The Morgan fingerprint density at radius 1 is 0.960 bits per heavy atom. The zero-order valence-electron chi connectivity index (χ0n) is 13.9. The summed E-state index contributed by atoms with van der Waals surface area (Å²) < 4.78 is 5.46. The molecule has 1 aromatic heterocycles. The van der Waals surface area contributed by atoms with Crippen molar-refractivity contribution in [2.75, 3.05) is 14.1 Å². The summed E-state index contributed by atoms with van der Waals surface area (Å²) >= 11 is 0. The average Bonchev–Trinajstić information content (AvgIpc) is 2.65. The summed E-state index contributed by atoms with van der Waals surface area (Å²) in [6, 6.07) is 16.1. The van der Waals surface area contributed by atoms with Gasteiger partial charge in [0.15, 0.2) is 5.69 Å². The molecule has 0 fully saturated rings. The fraction of sp³-hybridized carbons (Fsp3) is 0.158. The van der Waals surface area contributed by atoms with E-state index in [1.165, 1.54) is 11.1 Å². The summed E-state index contributed by atoms with van der Waals surface area (Å²) in [7, 11) is 3.23. The molecule has 0 N–H and O–H groups in total. The van der Waals surface area contributed by atoms with E-state index in [1.807, 2.05) is 18.2 Å². The van der Waals surface area contributed by atoms with Crippen molar-refractivity contribution in [3.8, 4) is 0 Å². The maximum atomic E-state index is 12.5. The van der Waals surface area contributed by atoms with E-state index >= 15 is 0 Å². The number of nitrogens with zero attached hydrogens (tertiary/aromatic N) is 3. The van der Waals surface area contributed by atoms with E-state index in [2.05, 4.69) is 9.97 Å². The summed E-state index contributed by atoms with van der Waals surface area (Å²) in [4.78, 5) is 34.8. The lowest BCUT2D eigenvalue weighted by Gasteiger charge is -2.21. The second-order valence-electron chi connectivity index (χ2n) is 5.67. The molecule has 6 nitrogen and oxygen atoms in total. The molecule has 1 unspecified atom stereocenters. The van der Waals surface area contributed by atoms with Gasteiger partial charge in [0.2, 0.25) is 6.10 Å². The quantitative estimate of drug-likeness (QED) is 0.685. The molecule has 1 amide bonds. The maximum absolute atomic E-state index is 12.5. The molecule has 1 heterocycles. The van der Waals surface area contributed by atoms with Crippen LogP contribution in [0.4, 0.5) is 0 Å². The van der Waals surface area contributed by atoms with Crippen LogP contribution in [0, 0.1) is 0 Å². The van der Waals surface area contributed by atoms with Crippen molar-refractivity contribution in [2.24, 2.45) is 0 Å². The van der Waals surface area contributed by atoms with Crippen molar-refractivity contribution in [3.05, 3.63) is 72.1 Å². The lowest BCUT2D eigenvalue weighted by atomic mass is 10.1. The first kappa shape index (κ1) is 16.6. The third-order valence-corrected chi connectivity index (χ3v) is 3.65. The van der Waals surface area contributed by atoms with E-state index in [0.717, 1.165) is 0 Å². The van der Waals surface area contributed by atoms with Gasteiger partial charge in [0.05, 0.1) is 17.2 Å². The van der Waals surface area contributed by atoms with Crippen LogP contribution in [0.2, 0.25) is 0 Å². The molecule has 0 saturated carbocycles. The highest BCUT2D eigenvalue weighted by Crippen LogP contribution is 2.21. The molecule has 6 heteroatoms. The van der Waals surface area contributed by atoms with Crippen LogP contribution in [0.3, 0.4) is 0 Å². The number of amides is 1. The summed E-state index contributed by atoms with van der Waals surface area (Å²) in [5.74, 6) is -1.02. The zero-order valence-corrected chi connectivity index (χ0v) is 13.9. The molecule has 3 rings (SSSR count). The van der Waals surface area contributed by atoms with E-state index in [-0.39, 0.29) is 11.6 Å². The summed E-state index contributed by atoms with van der Waals surface area (Å²) in [6.07, 6.45) is 0.323. The maximum Gasteiger partial charge on any atom is 0.359 e. The van der Waals surface area contributed by atoms with Crippen LogP contribution in [0.15, 0.2) is 60.8 Å². The average molecular weight is 335 g/mol. The van der Waals surface area contributed by atoms with Gasteiger partial charge in [-0.3, -0.25) is 9.78 Å². The number of para-hydroxylation sites is 2. The number of carbonyl (C=O) groups is 2. The summed E-state index contributed by atoms with van der Waals surface area (Å²) in [5, 5.41) is 0. The minimum Gasteiger partial charge on any atom is -0.443 e. The molecule has 126 valence electrons. The molecule has 0 aliphatic heterocycles. The third-order valence-electron chi connectivity index (χ3n) is 3.65. The number of rotatable bonds is 4. The Hall–Kier alpha value is -3.28. The third kappa shape index (κ3) is 3.63. The van der Waals surface area contributed by atoms with Crippen molar-refractivity contribution in [3.63, 3.8) is 0 Å². The predicted octanol–water partition coefficient (Wildman–Crippen LogP) is 2.62. The van der Waals surface area contributed by atoms with Crippen LogP contribution >= 0.6 is 0 Å². The van der Waals surface area contributed by atoms with Crippen molar-refractivity contribution in [2.45, 2.75) is 6.10 Å². The van der Waals surface area contributed by atoms with Gasteiger partial charge in [-0.1, -0.05) is 42.5 Å². The molecular formula is C19H17N3O3. The summed E-state index contributed by atoms with van der Waals surface area (Å²) in [5.41, 5.74) is 1.93. The minimum absolute atomic E-state index is 0.0613. The van der Waals surface area contributed by atoms with Crippen LogP contribution in [-0.2, 0) is 9.53 Å². The zero-order chi connectivity index (χ0) is 17.8. The molecule has 25 heavy (non-hydrogen) atoms. The second kappa shape index (κ2) is 7.09. The number of esters is 1. The second-order valence-corrected chi connectivity index (χ2v) is 5.67. The molecule has 0 aliphatic carbocycles. The first-order valence-corrected chi connectivity index (χ1v) is 7.75. The number of hydrogen-bond donors (Lipinski definition) is 0. The van der Waals surface area contributed by atoms with Gasteiger partial charge in [0.25, 0.3) is 5.91 Å². The molecular weight excluding hydrogens is 318 g/mol. The van der Waals surface area contributed by atoms with E-state index in [0.29, 0.717) is 16.6 Å². The van der Waals surface area contributed by atoms with E-state index in [4.69, 9.17) is 4.74 Å². The van der Waals surface area contributed by atoms with Gasteiger partial charge >= 0.3 is 5.97 Å². The topological polar surface area (TPSA) is 72.4 Å². The van der Waals surface area contributed by atoms with Gasteiger partial charge < -0.3 is 9.64 Å². The number of likely N-dealkylation sites (N-methyl/N-ethyl adjacent to an activating group) is 1. The monoisotopic (exact) mass is 335 g/mol. The molecule has 3 aromatic rings. The van der Waals surface area contributed by atoms with Crippen LogP contribution < -0.4 is 0 Å². The van der Waals surface area contributed by atoms with Gasteiger partial charge in [0, 0.05) is 19.7 Å². The van der Waals surface area contributed by atoms with Gasteiger partial charge in [-0.25, -0.2) is 9.78 Å². The van der Waals surface area contributed by atoms with Gasteiger partial charge in [-0.05, 0) is 12.1 Å². The normalized spacial score (nSPS) is 11.8. The van der Waals surface area contributed by atoms with Crippen LogP contribution in [0.25, 0.3) is 11.0 Å². The lowest BCUT2D eigenvalue weighted by molar-refractivity contribution is -0.138. The van der Waals surface area contributed by atoms with Gasteiger partial charge in [-0.2, -0.15) is 0 Å². The van der Waals surface area contributed by atoms with E-state index in [9.17, 15) is 9.59 Å². The molecule has 0 spiro atoms. The Morgan fingerprint density at radius 3 is 2.28 bits per heavy atom. The first-order valence-electron chi connectivity index (χ1n) is 7.75. The standard InChI is InChI=1S/C19H17N3O3/c1-22(2)18(23)17(13-8-4-3-5-9-13)25-19(24)16-12-20-14-10-6-7-11-15(14)21-16/h3-12,17H,1-2H3. The molecule has 2 aromatic carbocycles. The molecule has 0 radical (unpaired) electrons. The highest BCUT2D eigenvalue weighted by atomic mass is 16.5. The lowest BCUT2D eigenvalue weighted by Crippen LogP contribution is -2.31. The molecule has 0 saturated heterocycles. The number of benzene rings is 2. The largest absolute Gasteiger partial charge is 0.443 e. The highest BCUT2D eigenvalue weighted by Gasteiger charge is 2.27. The number of aromatic nitrogens is 2. The Morgan fingerprint density at radius 2 is 1.60 bits per heavy atom. The predicted molar refractivity (Wildman–Crippen MR) is 92.8 cm³/mol. The highest BCUT2D eigenvalue weighted by molar-refractivity contribution is 5.92. The Kier molecular flexibility index (Phi) is 4.70. The van der Waals surface area contributed by atoms with Gasteiger partial charge in [-0.15, -0.1) is 0 Å². The van der Waals surface area contributed by atoms with E-state index in [1.54, 1.807) is 50.5 Å². The Balaban J connectivity index is 1.90. The number of fused-ring (bicyclic) bond motifs is 1. The summed E-state index contributed by atoms with van der Waals surface area (Å²) in [6.45, 7) is 0. The molecule has 0 aliphatic rings. The van der Waals surface area contributed by atoms with Crippen molar-refractivity contribution < 1.29 is 14.3 Å². The van der Waals surface area contributed by atoms with E-state index < -0.39 is 12.1 Å². The number of carbonyl (C=O) groups excluding carboxylic acids is 2.